The molecule has 2 aromatic rings. The van der Waals surface area contributed by atoms with Gasteiger partial charge in [-0.05, 0) is 35.4 Å². The number of thioether (sulfide) groups is 1. The molecule has 158 valence electrons. The molecule has 1 saturated heterocycles. The lowest BCUT2D eigenvalue weighted by Crippen LogP contribution is -2.59. The number of benzene rings is 2. The van der Waals surface area contributed by atoms with E-state index in [0.29, 0.717) is 6.61 Å². The van der Waals surface area contributed by atoms with Crippen LogP contribution in [-0.4, -0.2) is 64.9 Å². The quantitative estimate of drug-likeness (QED) is 0.657. The van der Waals surface area contributed by atoms with Crippen LogP contribution in [0.5, 0.6) is 0 Å². The summed E-state index contributed by atoms with van der Waals surface area (Å²) < 4.78 is 28.7. The molecule has 1 aliphatic heterocycles. The molecule has 1 fully saturated rings. The van der Waals surface area contributed by atoms with Crippen molar-refractivity contribution in [3.05, 3.63) is 48.5 Å². The van der Waals surface area contributed by atoms with Gasteiger partial charge in [-0.3, -0.25) is 0 Å². The molecule has 2 aromatic carbocycles. The smallest absolute Gasteiger partial charge is 0.137 e. The normalized spacial score (nSPS) is 27.1. The summed E-state index contributed by atoms with van der Waals surface area (Å²) in [7, 11) is 6.64. The van der Waals surface area contributed by atoms with E-state index in [1.54, 1.807) is 40.2 Å². The fraction of sp³-hybridized carbons (Fsp3) is 0.455. The van der Waals surface area contributed by atoms with Crippen molar-refractivity contribution in [3.8, 4) is 11.1 Å². The highest BCUT2D eigenvalue weighted by atomic mass is 32.2. The van der Waals surface area contributed by atoms with Crippen molar-refractivity contribution in [2.45, 2.75) is 34.7 Å². The van der Waals surface area contributed by atoms with Crippen molar-refractivity contribution in [2.75, 3.05) is 40.8 Å². The third-order valence-electron chi connectivity index (χ3n) is 5.09. The maximum absolute atomic E-state index is 6.29. The fourth-order valence-electron chi connectivity index (χ4n) is 3.61. The number of nitrogens with two attached hydrogens (primary N) is 1. The van der Waals surface area contributed by atoms with E-state index in [1.165, 1.54) is 0 Å². The molecule has 3 rings (SSSR count). The van der Waals surface area contributed by atoms with Crippen molar-refractivity contribution < 1.29 is 23.7 Å². The van der Waals surface area contributed by atoms with Crippen LogP contribution in [0.3, 0.4) is 0 Å². The number of methoxy groups -OCH3 is 4. The van der Waals surface area contributed by atoms with E-state index in [9.17, 15) is 0 Å². The van der Waals surface area contributed by atoms with Crippen LogP contribution in [0.25, 0.3) is 11.1 Å². The molecule has 0 spiro atoms. The molecule has 2 N–H and O–H groups in total. The second-order valence-electron chi connectivity index (χ2n) is 6.86. The van der Waals surface area contributed by atoms with Gasteiger partial charge in [0.25, 0.3) is 0 Å². The SMILES string of the molecule is COC[C@H]1O[C@@H](Sc2ccc(-c3ccc(N)cc3)cc2)[C@H](OC)[C@@H](OC)[C@@H]1OC. The van der Waals surface area contributed by atoms with Gasteiger partial charge in [-0.15, -0.1) is 0 Å². The first-order valence-corrected chi connectivity index (χ1v) is 10.3. The lowest BCUT2D eigenvalue weighted by atomic mass is 9.99. The molecule has 0 aromatic heterocycles. The van der Waals surface area contributed by atoms with Crippen LogP contribution in [0, 0.1) is 0 Å². The average molecular weight is 420 g/mol. The third kappa shape index (κ3) is 5.12. The molecule has 0 bridgehead atoms. The second kappa shape index (κ2) is 10.4. The summed E-state index contributed by atoms with van der Waals surface area (Å²) in [6.07, 6.45) is -1.05. The van der Waals surface area contributed by atoms with Crippen molar-refractivity contribution in [3.63, 3.8) is 0 Å². The molecule has 1 aliphatic rings. The molecule has 6 nitrogen and oxygen atoms in total. The van der Waals surface area contributed by atoms with Crippen LogP contribution in [0.1, 0.15) is 0 Å². The largest absolute Gasteiger partial charge is 0.399 e. The predicted octanol–water partition coefficient (Wildman–Crippen LogP) is 3.44. The van der Waals surface area contributed by atoms with Crippen LogP contribution >= 0.6 is 11.8 Å². The third-order valence-corrected chi connectivity index (χ3v) is 6.25. The first kappa shape index (κ1) is 22.1. The maximum Gasteiger partial charge on any atom is 0.137 e. The van der Waals surface area contributed by atoms with Gasteiger partial charge >= 0.3 is 0 Å². The minimum atomic E-state index is -0.278. The monoisotopic (exact) mass is 419 g/mol. The maximum atomic E-state index is 6.29. The minimum absolute atomic E-state index is 0.243. The number of nitrogen functional groups attached to an aromatic ring is 1. The average Bonchev–Trinajstić information content (AvgIpc) is 2.74. The summed E-state index contributed by atoms with van der Waals surface area (Å²) in [5, 5.41) is 0. The molecule has 7 heteroatoms. The lowest BCUT2D eigenvalue weighted by Gasteiger charge is -2.44. The van der Waals surface area contributed by atoms with Crippen LogP contribution in [0.2, 0.25) is 0 Å². The van der Waals surface area contributed by atoms with Crippen molar-refractivity contribution >= 4 is 17.4 Å². The van der Waals surface area contributed by atoms with Crippen molar-refractivity contribution in [1.82, 2.24) is 0 Å². The van der Waals surface area contributed by atoms with E-state index in [2.05, 4.69) is 24.3 Å². The predicted molar refractivity (Wildman–Crippen MR) is 115 cm³/mol. The fourth-order valence-corrected chi connectivity index (χ4v) is 4.77. The molecular weight excluding hydrogens is 390 g/mol. The summed E-state index contributed by atoms with van der Waals surface area (Å²) in [6, 6.07) is 16.2. The molecule has 0 unspecified atom stereocenters. The standard InChI is InChI=1S/C22H29NO5S/c1-24-13-18-19(25-2)20(26-3)21(27-4)22(28-18)29-17-11-7-15(8-12-17)14-5-9-16(23)10-6-14/h5-12,18-22H,13,23H2,1-4H3/t18-,19-,20+,21-,22+/m1/s1. The van der Waals surface area contributed by atoms with Gasteiger partial charge in [0, 0.05) is 39.0 Å². The molecule has 0 radical (unpaired) electrons. The minimum Gasteiger partial charge on any atom is -0.399 e. The molecule has 1 heterocycles. The summed E-state index contributed by atoms with van der Waals surface area (Å²) in [5.41, 5.74) is 8.54. The summed E-state index contributed by atoms with van der Waals surface area (Å²) in [4.78, 5) is 1.08. The van der Waals surface area contributed by atoms with Gasteiger partial charge in [-0.1, -0.05) is 36.0 Å². The van der Waals surface area contributed by atoms with Crippen LogP contribution < -0.4 is 5.73 Å². The van der Waals surface area contributed by atoms with E-state index >= 15 is 0 Å². The second-order valence-corrected chi connectivity index (χ2v) is 8.04. The van der Waals surface area contributed by atoms with Gasteiger partial charge in [-0.25, -0.2) is 0 Å². The molecule has 0 amide bonds. The Morgan fingerprint density at radius 2 is 1.34 bits per heavy atom. The van der Waals surface area contributed by atoms with Gasteiger partial charge < -0.3 is 29.4 Å². The van der Waals surface area contributed by atoms with Gasteiger partial charge in [-0.2, -0.15) is 0 Å². The summed E-state index contributed by atoms with van der Waals surface area (Å²) in [5.74, 6) is 0. The number of anilines is 1. The highest BCUT2D eigenvalue weighted by Crippen LogP contribution is 2.37. The lowest BCUT2D eigenvalue weighted by molar-refractivity contribution is -0.229. The highest BCUT2D eigenvalue weighted by Gasteiger charge is 2.47. The Bertz CT molecular complexity index is 755. The van der Waals surface area contributed by atoms with Gasteiger partial charge in [0.1, 0.15) is 29.9 Å². The van der Waals surface area contributed by atoms with Gasteiger partial charge in [0.15, 0.2) is 0 Å². The first-order chi connectivity index (χ1) is 14.1. The molecule has 0 saturated carbocycles. The first-order valence-electron chi connectivity index (χ1n) is 9.46. The Balaban J connectivity index is 1.77. The van der Waals surface area contributed by atoms with E-state index < -0.39 is 0 Å². The topological polar surface area (TPSA) is 72.2 Å². The molecule has 5 atom stereocenters. The molecular formula is C22H29NO5S. The Labute approximate surface area is 176 Å². The van der Waals surface area contributed by atoms with Crippen molar-refractivity contribution in [1.29, 1.82) is 0 Å². The van der Waals surface area contributed by atoms with E-state index in [-0.39, 0.29) is 29.9 Å². The number of hydrogen-bond acceptors (Lipinski definition) is 7. The zero-order valence-corrected chi connectivity index (χ0v) is 18.1. The number of hydrogen-bond donors (Lipinski definition) is 1. The Morgan fingerprint density at radius 3 is 1.86 bits per heavy atom. The summed E-state index contributed by atoms with van der Waals surface area (Å²) in [6.45, 7) is 0.419. The zero-order valence-electron chi connectivity index (χ0n) is 17.2. The van der Waals surface area contributed by atoms with Crippen molar-refractivity contribution in [2.24, 2.45) is 0 Å². The van der Waals surface area contributed by atoms with Crippen LogP contribution in [0.4, 0.5) is 5.69 Å². The Morgan fingerprint density at radius 1 is 0.793 bits per heavy atom. The number of rotatable bonds is 8. The van der Waals surface area contributed by atoms with E-state index in [0.717, 1.165) is 21.7 Å². The van der Waals surface area contributed by atoms with Crippen LogP contribution in [-0.2, 0) is 23.7 Å². The molecule has 29 heavy (non-hydrogen) atoms. The van der Waals surface area contributed by atoms with Gasteiger partial charge in [0.2, 0.25) is 0 Å². The summed E-state index contributed by atoms with van der Waals surface area (Å²) >= 11 is 1.61. The van der Waals surface area contributed by atoms with Gasteiger partial charge in [0.05, 0.1) is 6.61 Å². The highest BCUT2D eigenvalue weighted by molar-refractivity contribution is 7.99. The Hall–Kier alpha value is -1.61. The number of ether oxygens (including phenoxy) is 5. The molecule has 0 aliphatic carbocycles. The van der Waals surface area contributed by atoms with E-state index in [1.807, 2.05) is 24.3 Å². The zero-order chi connectivity index (χ0) is 20.8. The Kier molecular flexibility index (Phi) is 7.94. The van der Waals surface area contributed by atoms with E-state index in [4.69, 9.17) is 29.4 Å². The van der Waals surface area contributed by atoms with Crippen LogP contribution in [0.15, 0.2) is 53.4 Å².